The van der Waals surface area contributed by atoms with Crippen LogP contribution in [0.1, 0.15) is 12.0 Å². The van der Waals surface area contributed by atoms with Crippen LogP contribution in [-0.4, -0.2) is 26.4 Å². The molecule has 1 aromatic carbocycles. The molecule has 2 nitrogen and oxygen atoms in total. The summed E-state index contributed by atoms with van der Waals surface area (Å²) in [7, 11) is 3.67. The Labute approximate surface area is 114 Å². The van der Waals surface area contributed by atoms with E-state index in [1.807, 2.05) is 14.2 Å². The zero-order valence-electron chi connectivity index (χ0n) is 11.5. The number of benzene rings is 1. The van der Waals surface area contributed by atoms with Crippen LogP contribution in [0, 0.1) is 17.8 Å². The third-order valence-electron chi connectivity index (χ3n) is 5.61. The van der Waals surface area contributed by atoms with Gasteiger partial charge in [-0.1, -0.05) is 42.5 Å². The van der Waals surface area contributed by atoms with Crippen LogP contribution in [0.5, 0.6) is 0 Å². The maximum Gasteiger partial charge on any atom is 0.0805 e. The molecular formula is C17H20O2. The van der Waals surface area contributed by atoms with Crippen LogP contribution in [0.15, 0.2) is 42.5 Å². The van der Waals surface area contributed by atoms with Gasteiger partial charge in [0.2, 0.25) is 0 Å². The van der Waals surface area contributed by atoms with Crippen molar-refractivity contribution in [2.24, 2.45) is 17.8 Å². The molecule has 4 aliphatic rings. The summed E-state index contributed by atoms with van der Waals surface area (Å²) < 4.78 is 11.6. The Bertz CT molecular complexity index is 509. The van der Waals surface area contributed by atoms with Crippen LogP contribution in [0.2, 0.25) is 0 Å². The number of allylic oxidation sites excluding steroid dienone is 1. The Morgan fingerprint density at radius 3 is 2.53 bits per heavy atom. The van der Waals surface area contributed by atoms with E-state index in [4.69, 9.17) is 9.47 Å². The molecule has 0 unspecified atom stereocenters. The lowest BCUT2D eigenvalue weighted by atomic mass is 9.84. The first-order valence-corrected chi connectivity index (χ1v) is 7.13. The molecule has 4 bridgehead atoms. The van der Waals surface area contributed by atoms with Crippen LogP contribution in [-0.2, 0) is 14.9 Å². The van der Waals surface area contributed by atoms with Crippen molar-refractivity contribution in [3.05, 3.63) is 48.0 Å². The van der Waals surface area contributed by atoms with Crippen LogP contribution >= 0.6 is 0 Å². The first-order valence-electron chi connectivity index (χ1n) is 7.13. The molecule has 1 aromatic rings. The number of methoxy groups -OCH3 is 2. The third-order valence-corrected chi connectivity index (χ3v) is 5.61. The van der Waals surface area contributed by atoms with Crippen LogP contribution < -0.4 is 0 Å². The molecule has 2 saturated carbocycles. The summed E-state index contributed by atoms with van der Waals surface area (Å²) in [6, 6.07) is 10.9. The Balaban J connectivity index is 1.81. The molecule has 0 N–H and O–H groups in total. The Kier molecular flexibility index (Phi) is 2.42. The van der Waals surface area contributed by atoms with E-state index in [0.29, 0.717) is 11.8 Å². The molecule has 5 rings (SSSR count). The zero-order valence-corrected chi connectivity index (χ0v) is 11.5. The van der Waals surface area contributed by atoms with Crippen molar-refractivity contribution < 1.29 is 9.47 Å². The highest BCUT2D eigenvalue weighted by Gasteiger charge is 2.75. The summed E-state index contributed by atoms with van der Waals surface area (Å²) >= 11 is 0. The summed E-state index contributed by atoms with van der Waals surface area (Å²) in [6.45, 7) is 0. The van der Waals surface area contributed by atoms with Gasteiger partial charge in [-0.25, -0.2) is 0 Å². The van der Waals surface area contributed by atoms with Gasteiger partial charge in [-0.3, -0.25) is 0 Å². The van der Waals surface area contributed by atoms with Crippen molar-refractivity contribution in [1.29, 1.82) is 0 Å². The second kappa shape index (κ2) is 3.94. The van der Waals surface area contributed by atoms with Crippen molar-refractivity contribution in [2.45, 2.75) is 24.0 Å². The average Bonchev–Trinajstić information content (AvgIpc) is 3.05. The quantitative estimate of drug-likeness (QED) is 0.774. The van der Waals surface area contributed by atoms with Crippen molar-refractivity contribution in [3.8, 4) is 0 Å². The maximum atomic E-state index is 5.95. The first-order chi connectivity index (χ1) is 9.33. The van der Waals surface area contributed by atoms with Gasteiger partial charge in [0.05, 0.1) is 12.2 Å². The Morgan fingerprint density at radius 2 is 1.84 bits per heavy atom. The maximum absolute atomic E-state index is 5.95. The third kappa shape index (κ3) is 1.29. The van der Waals surface area contributed by atoms with Gasteiger partial charge in [0.1, 0.15) is 0 Å². The minimum absolute atomic E-state index is 0.213. The van der Waals surface area contributed by atoms with E-state index in [1.54, 1.807) is 0 Å². The number of rotatable bonds is 3. The minimum atomic E-state index is 0.213. The van der Waals surface area contributed by atoms with E-state index >= 15 is 0 Å². The fourth-order valence-corrected chi connectivity index (χ4v) is 4.92. The van der Waals surface area contributed by atoms with Gasteiger partial charge in [0.15, 0.2) is 0 Å². The number of hydrogen-bond donors (Lipinski definition) is 0. The molecule has 0 heterocycles. The molecule has 0 aromatic heterocycles. The van der Waals surface area contributed by atoms with Crippen molar-refractivity contribution >= 4 is 0 Å². The molecule has 0 aliphatic heterocycles. The molecule has 2 fully saturated rings. The second-order valence-electron chi connectivity index (χ2n) is 6.07. The molecule has 6 atom stereocenters. The predicted molar refractivity (Wildman–Crippen MR) is 73.9 cm³/mol. The van der Waals surface area contributed by atoms with Gasteiger partial charge in [-0.05, 0) is 23.8 Å². The highest BCUT2D eigenvalue weighted by molar-refractivity contribution is 5.46. The summed E-state index contributed by atoms with van der Waals surface area (Å²) in [4.78, 5) is 0. The standard InChI is InChI=1S/C17H20O2/c1-18-15-9-8-13-14-10-12(15)16(19-2)17(13,14)11-6-4-3-5-7-11/h3-9,12-16H,10H2,1-2H3/t12-,13-,14+,15+,16-,17-/m1/s1. The van der Waals surface area contributed by atoms with Gasteiger partial charge < -0.3 is 9.47 Å². The molecule has 0 amide bonds. The monoisotopic (exact) mass is 256 g/mol. The molecule has 0 saturated heterocycles. The predicted octanol–water partition coefficient (Wildman–Crippen LogP) is 2.79. The molecule has 0 radical (unpaired) electrons. The molecule has 2 heteroatoms. The zero-order chi connectivity index (χ0) is 13.0. The van der Waals surface area contributed by atoms with E-state index in [-0.39, 0.29) is 17.6 Å². The fraction of sp³-hybridized carbons (Fsp3) is 0.529. The summed E-state index contributed by atoms with van der Waals surface area (Å²) in [6.07, 6.45) is 6.36. The Morgan fingerprint density at radius 1 is 1.05 bits per heavy atom. The van der Waals surface area contributed by atoms with Gasteiger partial charge >= 0.3 is 0 Å². The average molecular weight is 256 g/mol. The van der Waals surface area contributed by atoms with Gasteiger partial charge in [-0.2, -0.15) is 0 Å². The van der Waals surface area contributed by atoms with E-state index in [9.17, 15) is 0 Å². The number of hydrogen-bond acceptors (Lipinski definition) is 2. The molecule has 19 heavy (non-hydrogen) atoms. The summed E-state index contributed by atoms with van der Waals surface area (Å²) in [5, 5.41) is 0. The van der Waals surface area contributed by atoms with Gasteiger partial charge in [-0.15, -0.1) is 0 Å². The largest absolute Gasteiger partial charge is 0.380 e. The van der Waals surface area contributed by atoms with E-state index in [2.05, 4.69) is 42.5 Å². The molecule has 100 valence electrons. The number of ether oxygens (including phenoxy) is 2. The lowest BCUT2D eigenvalue weighted by molar-refractivity contribution is -0.0168. The molecule has 4 aliphatic carbocycles. The van der Waals surface area contributed by atoms with Crippen molar-refractivity contribution in [3.63, 3.8) is 0 Å². The highest BCUT2D eigenvalue weighted by atomic mass is 16.5. The lowest BCUT2D eigenvalue weighted by Gasteiger charge is -2.31. The topological polar surface area (TPSA) is 18.5 Å². The van der Waals surface area contributed by atoms with Gasteiger partial charge in [0.25, 0.3) is 0 Å². The second-order valence-corrected chi connectivity index (χ2v) is 6.07. The summed E-state index contributed by atoms with van der Waals surface area (Å²) in [5.41, 5.74) is 1.66. The fourth-order valence-electron chi connectivity index (χ4n) is 4.92. The Hall–Kier alpha value is -1.12. The van der Waals surface area contributed by atoms with Gasteiger partial charge in [0, 0.05) is 25.6 Å². The van der Waals surface area contributed by atoms with Crippen LogP contribution in [0.3, 0.4) is 0 Å². The lowest BCUT2D eigenvalue weighted by Crippen LogP contribution is -2.37. The van der Waals surface area contributed by atoms with Crippen molar-refractivity contribution in [1.82, 2.24) is 0 Å². The minimum Gasteiger partial charge on any atom is -0.380 e. The summed E-state index contributed by atoms with van der Waals surface area (Å²) in [5.74, 6) is 1.87. The smallest absolute Gasteiger partial charge is 0.0805 e. The molecular weight excluding hydrogens is 236 g/mol. The highest BCUT2D eigenvalue weighted by Crippen LogP contribution is 2.73. The normalized spacial score (nSPS) is 46.1. The number of fused-ring (bicyclic) bond motifs is 1. The van der Waals surface area contributed by atoms with Crippen molar-refractivity contribution in [2.75, 3.05) is 14.2 Å². The van der Waals surface area contributed by atoms with E-state index in [1.165, 1.54) is 12.0 Å². The van der Waals surface area contributed by atoms with Crippen LogP contribution in [0.4, 0.5) is 0 Å². The van der Waals surface area contributed by atoms with Crippen LogP contribution in [0.25, 0.3) is 0 Å². The van der Waals surface area contributed by atoms with E-state index in [0.717, 1.165) is 5.92 Å². The van der Waals surface area contributed by atoms with E-state index < -0.39 is 0 Å². The SMILES string of the molecule is CO[C@H]1C=C[C@@H]2[C@@H]3C[C@H]1[C@@H](OC)[C@]23c1ccccc1. The first kappa shape index (κ1) is 11.7. The molecule has 0 spiro atoms.